The molecule has 0 spiro atoms. The molecule has 1 aromatic rings. The monoisotopic (exact) mass is 265 g/mol. The Labute approximate surface area is 112 Å². The Kier molecular flexibility index (Phi) is 4.27. The van der Waals surface area contributed by atoms with Gasteiger partial charge in [0, 0.05) is 11.6 Å². The molecule has 0 amide bonds. The Morgan fingerprint density at radius 2 is 2.21 bits per heavy atom. The van der Waals surface area contributed by atoms with E-state index in [1.807, 2.05) is 0 Å². The number of carboxylic acid groups (broad SMARTS) is 1. The first kappa shape index (κ1) is 13.7. The number of ether oxygens (including phenoxy) is 2. The number of nitrogens with one attached hydrogen (secondary N) is 1. The summed E-state index contributed by atoms with van der Waals surface area (Å²) in [5.74, 6) is -0.0271. The van der Waals surface area contributed by atoms with Gasteiger partial charge in [0.1, 0.15) is 11.5 Å². The van der Waals surface area contributed by atoms with E-state index in [0.717, 1.165) is 19.5 Å². The van der Waals surface area contributed by atoms with Crippen LogP contribution in [-0.4, -0.2) is 38.4 Å². The minimum Gasteiger partial charge on any atom is -0.497 e. The molecule has 0 aromatic heterocycles. The zero-order valence-electron chi connectivity index (χ0n) is 11.2. The summed E-state index contributed by atoms with van der Waals surface area (Å²) in [5.41, 5.74) is 0.713. The van der Waals surface area contributed by atoms with E-state index in [4.69, 9.17) is 9.47 Å². The van der Waals surface area contributed by atoms with Gasteiger partial charge in [-0.3, -0.25) is 4.79 Å². The predicted molar refractivity (Wildman–Crippen MR) is 70.9 cm³/mol. The highest BCUT2D eigenvalue weighted by Gasteiger charge is 2.33. The Bertz CT molecular complexity index is 455. The topological polar surface area (TPSA) is 67.8 Å². The molecular weight excluding hydrogens is 246 g/mol. The third-order valence-electron chi connectivity index (χ3n) is 3.61. The number of benzene rings is 1. The van der Waals surface area contributed by atoms with Gasteiger partial charge in [0.2, 0.25) is 0 Å². The molecule has 2 N–H and O–H groups in total. The smallest absolute Gasteiger partial charge is 0.311 e. The maximum Gasteiger partial charge on any atom is 0.311 e. The normalized spacial score (nSPS) is 20.0. The summed E-state index contributed by atoms with van der Waals surface area (Å²) in [4.78, 5) is 11.6. The van der Waals surface area contributed by atoms with E-state index in [-0.39, 0.29) is 5.92 Å². The van der Waals surface area contributed by atoms with Crippen molar-refractivity contribution in [2.75, 3.05) is 27.3 Å². The average molecular weight is 265 g/mol. The second-order valence-corrected chi connectivity index (χ2v) is 4.68. The fourth-order valence-corrected chi connectivity index (χ4v) is 2.63. The van der Waals surface area contributed by atoms with Crippen LogP contribution in [0.25, 0.3) is 0 Å². The minimum atomic E-state index is -0.808. The summed E-state index contributed by atoms with van der Waals surface area (Å²) in [7, 11) is 3.12. The van der Waals surface area contributed by atoms with Crippen molar-refractivity contribution in [1.82, 2.24) is 5.32 Å². The molecule has 2 rings (SSSR count). The second kappa shape index (κ2) is 5.93. The summed E-state index contributed by atoms with van der Waals surface area (Å²) < 4.78 is 10.5. The van der Waals surface area contributed by atoms with Crippen molar-refractivity contribution in [2.24, 2.45) is 5.92 Å². The molecule has 0 saturated carbocycles. The van der Waals surface area contributed by atoms with Crippen LogP contribution in [0.3, 0.4) is 0 Å². The minimum absolute atomic E-state index is 0.0970. The molecule has 0 radical (unpaired) electrons. The molecule has 1 fully saturated rings. The van der Waals surface area contributed by atoms with Crippen molar-refractivity contribution in [3.05, 3.63) is 23.8 Å². The van der Waals surface area contributed by atoms with Gasteiger partial charge in [-0.1, -0.05) is 6.07 Å². The third kappa shape index (κ3) is 2.81. The van der Waals surface area contributed by atoms with Gasteiger partial charge >= 0.3 is 5.97 Å². The number of hydrogen-bond donors (Lipinski definition) is 2. The lowest BCUT2D eigenvalue weighted by atomic mass is 9.85. The van der Waals surface area contributed by atoms with Crippen molar-refractivity contribution in [1.29, 1.82) is 0 Å². The number of carbonyl (C=O) groups is 1. The zero-order valence-corrected chi connectivity index (χ0v) is 11.2. The molecule has 104 valence electrons. The number of methoxy groups -OCH3 is 2. The number of carboxylic acids is 1. The molecule has 1 aliphatic heterocycles. The molecule has 0 bridgehead atoms. The third-order valence-corrected chi connectivity index (χ3v) is 3.61. The molecule has 19 heavy (non-hydrogen) atoms. The summed E-state index contributed by atoms with van der Waals surface area (Å²) in [6.07, 6.45) is 0.867. The average Bonchev–Trinajstić information content (AvgIpc) is 2.92. The lowest BCUT2D eigenvalue weighted by Gasteiger charge is -2.21. The van der Waals surface area contributed by atoms with E-state index < -0.39 is 11.9 Å². The molecule has 1 aromatic carbocycles. The molecule has 2 atom stereocenters. The van der Waals surface area contributed by atoms with E-state index in [2.05, 4.69) is 5.32 Å². The van der Waals surface area contributed by atoms with Gasteiger partial charge in [-0.25, -0.2) is 0 Å². The number of hydrogen-bond acceptors (Lipinski definition) is 4. The lowest BCUT2D eigenvalue weighted by molar-refractivity contribution is -0.140. The van der Waals surface area contributed by atoms with Crippen LogP contribution in [-0.2, 0) is 4.79 Å². The van der Waals surface area contributed by atoms with E-state index >= 15 is 0 Å². The van der Waals surface area contributed by atoms with Crippen LogP contribution in [0.1, 0.15) is 17.9 Å². The molecular formula is C14H19NO4. The van der Waals surface area contributed by atoms with Gasteiger partial charge in [-0.2, -0.15) is 0 Å². The van der Waals surface area contributed by atoms with Crippen molar-refractivity contribution < 1.29 is 19.4 Å². The standard InChI is InChI=1S/C14H19NO4/c1-18-10-3-4-11(12(7-10)19-2)13(14(16)17)9-5-6-15-8-9/h3-4,7,9,13,15H,5-6,8H2,1-2H3,(H,16,17). The van der Waals surface area contributed by atoms with Crippen LogP contribution in [0.2, 0.25) is 0 Å². The van der Waals surface area contributed by atoms with E-state index in [1.54, 1.807) is 32.4 Å². The first-order valence-corrected chi connectivity index (χ1v) is 6.32. The first-order chi connectivity index (χ1) is 9.17. The Morgan fingerprint density at radius 1 is 1.42 bits per heavy atom. The summed E-state index contributed by atoms with van der Waals surface area (Å²) in [6, 6.07) is 5.29. The van der Waals surface area contributed by atoms with Gasteiger partial charge < -0.3 is 19.9 Å². The molecule has 5 nitrogen and oxygen atoms in total. The summed E-state index contributed by atoms with van der Waals surface area (Å²) in [6.45, 7) is 1.60. The van der Waals surface area contributed by atoms with E-state index in [0.29, 0.717) is 17.1 Å². The maximum atomic E-state index is 11.6. The van der Waals surface area contributed by atoms with Crippen LogP contribution in [0.15, 0.2) is 18.2 Å². The van der Waals surface area contributed by atoms with Crippen molar-refractivity contribution >= 4 is 5.97 Å². The fourth-order valence-electron chi connectivity index (χ4n) is 2.63. The molecule has 1 saturated heterocycles. The van der Waals surface area contributed by atoms with Crippen LogP contribution < -0.4 is 14.8 Å². The van der Waals surface area contributed by atoms with E-state index in [1.165, 1.54) is 0 Å². The first-order valence-electron chi connectivity index (χ1n) is 6.32. The number of aliphatic carboxylic acids is 1. The predicted octanol–water partition coefficient (Wildman–Crippen LogP) is 1.48. The van der Waals surface area contributed by atoms with Gasteiger partial charge in [0.25, 0.3) is 0 Å². The van der Waals surface area contributed by atoms with Crippen molar-refractivity contribution in [2.45, 2.75) is 12.3 Å². The molecule has 1 heterocycles. The summed E-state index contributed by atoms with van der Waals surface area (Å²) in [5, 5.41) is 12.7. The quantitative estimate of drug-likeness (QED) is 0.844. The van der Waals surface area contributed by atoms with Crippen LogP contribution in [0.5, 0.6) is 11.5 Å². The highest BCUT2D eigenvalue weighted by molar-refractivity contribution is 5.78. The van der Waals surface area contributed by atoms with Crippen LogP contribution in [0, 0.1) is 5.92 Å². The maximum absolute atomic E-state index is 11.6. The number of rotatable bonds is 5. The lowest BCUT2D eigenvalue weighted by Crippen LogP contribution is -2.24. The Balaban J connectivity index is 2.38. The fraction of sp³-hybridized carbons (Fsp3) is 0.500. The summed E-state index contributed by atoms with van der Waals surface area (Å²) >= 11 is 0. The zero-order chi connectivity index (χ0) is 13.8. The van der Waals surface area contributed by atoms with Gasteiger partial charge in [0.05, 0.1) is 20.1 Å². The molecule has 0 aliphatic carbocycles. The molecule has 2 unspecified atom stereocenters. The highest BCUT2D eigenvalue weighted by Crippen LogP contribution is 2.37. The van der Waals surface area contributed by atoms with Gasteiger partial charge in [-0.15, -0.1) is 0 Å². The molecule has 5 heteroatoms. The Hall–Kier alpha value is -1.75. The SMILES string of the molecule is COc1ccc(C(C(=O)O)C2CCNC2)c(OC)c1. The molecule has 1 aliphatic rings. The van der Waals surface area contributed by atoms with Crippen molar-refractivity contribution in [3.63, 3.8) is 0 Å². The largest absolute Gasteiger partial charge is 0.497 e. The van der Waals surface area contributed by atoms with Gasteiger partial charge in [0.15, 0.2) is 0 Å². The van der Waals surface area contributed by atoms with Crippen LogP contribution >= 0.6 is 0 Å². The van der Waals surface area contributed by atoms with Gasteiger partial charge in [-0.05, 0) is 31.5 Å². The van der Waals surface area contributed by atoms with Crippen molar-refractivity contribution in [3.8, 4) is 11.5 Å². The second-order valence-electron chi connectivity index (χ2n) is 4.68. The van der Waals surface area contributed by atoms with E-state index in [9.17, 15) is 9.90 Å². The highest BCUT2D eigenvalue weighted by atomic mass is 16.5. The Morgan fingerprint density at radius 3 is 2.74 bits per heavy atom. The van der Waals surface area contributed by atoms with Crippen LogP contribution in [0.4, 0.5) is 0 Å².